The van der Waals surface area contributed by atoms with Crippen LogP contribution in [-0.4, -0.2) is 42.8 Å². The fourth-order valence-corrected chi connectivity index (χ4v) is 2.29. The molecule has 2 rings (SSSR count). The molecule has 1 saturated carbocycles. The number of urea groups is 1. The molecule has 2 fully saturated rings. The summed E-state index contributed by atoms with van der Waals surface area (Å²) in [4.78, 5) is 13.6. The summed E-state index contributed by atoms with van der Waals surface area (Å²) in [5, 5.41) is 12.0. The molecule has 0 radical (unpaired) electrons. The molecule has 0 spiro atoms. The fraction of sp³-hybridized carbons (Fsp3) is 0.818. The number of hydrogen-bond donors (Lipinski definition) is 1. The number of rotatable bonds is 1. The number of ether oxygens (including phenoxy) is 1. The van der Waals surface area contributed by atoms with E-state index < -0.39 is 5.54 Å². The standard InChI is InChI=1S/C11H17N3O2/c12-9-11(3-1-2-4-11)13-10(15)14-5-7-16-8-6-14/h1-8H2,(H,13,15). The van der Waals surface area contributed by atoms with Crippen LogP contribution in [0.5, 0.6) is 0 Å². The van der Waals surface area contributed by atoms with E-state index in [4.69, 9.17) is 10.00 Å². The SMILES string of the molecule is N#CC1(NC(=O)N2CCOCC2)CCCC1. The highest BCUT2D eigenvalue weighted by Gasteiger charge is 2.36. The lowest BCUT2D eigenvalue weighted by atomic mass is 10.0. The van der Waals surface area contributed by atoms with Gasteiger partial charge in [-0.1, -0.05) is 0 Å². The third-order valence-electron chi connectivity index (χ3n) is 3.32. The Balaban J connectivity index is 1.92. The average molecular weight is 223 g/mol. The Morgan fingerprint density at radius 2 is 1.94 bits per heavy atom. The number of carbonyl (C=O) groups is 1. The average Bonchev–Trinajstić information content (AvgIpc) is 2.79. The summed E-state index contributed by atoms with van der Waals surface area (Å²) in [5.74, 6) is 0. The molecule has 5 heteroatoms. The van der Waals surface area contributed by atoms with E-state index >= 15 is 0 Å². The largest absolute Gasteiger partial charge is 0.378 e. The minimum atomic E-state index is -0.616. The van der Waals surface area contributed by atoms with Gasteiger partial charge >= 0.3 is 6.03 Å². The van der Waals surface area contributed by atoms with Gasteiger partial charge in [0, 0.05) is 13.1 Å². The zero-order chi connectivity index (χ0) is 11.4. The molecule has 1 heterocycles. The van der Waals surface area contributed by atoms with Crippen LogP contribution in [-0.2, 0) is 4.74 Å². The van der Waals surface area contributed by atoms with Crippen molar-refractivity contribution in [2.75, 3.05) is 26.3 Å². The van der Waals surface area contributed by atoms with E-state index in [1.54, 1.807) is 4.90 Å². The van der Waals surface area contributed by atoms with E-state index in [9.17, 15) is 4.79 Å². The van der Waals surface area contributed by atoms with E-state index in [2.05, 4.69) is 11.4 Å². The predicted octanol–water partition coefficient (Wildman–Crippen LogP) is 0.865. The van der Waals surface area contributed by atoms with Crippen LogP contribution in [0.1, 0.15) is 25.7 Å². The van der Waals surface area contributed by atoms with Gasteiger partial charge in [0.05, 0.1) is 19.3 Å². The number of carbonyl (C=O) groups excluding carboxylic acids is 1. The highest BCUT2D eigenvalue weighted by atomic mass is 16.5. The van der Waals surface area contributed by atoms with Crippen LogP contribution in [0.15, 0.2) is 0 Å². The number of nitriles is 1. The predicted molar refractivity (Wildman–Crippen MR) is 57.7 cm³/mol. The van der Waals surface area contributed by atoms with Gasteiger partial charge in [0.15, 0.2) is 0 Å². The maximum Gasteiger partial charge on any atom is 0.318 e. The van der Waals surface area contributed by atoms with Crippen molar-refractivity contribution in [3.05, 3.63) is 0 Å². The van der Waals surface area contributed by atoms with Crippen molar-refractivity contribution in [2.24, 2.45) is 0 Å². The molecule has 0 aromatic carbocycles. The monoisotopic (exact) mass is 223 g/mol. The first kappa shape index (κ1) is 11.2. The van der Waals surface area contributed by atoms with Gasteiger partial charge in [-0.15, -0.1) is 0 Å². The van der Waals surface area contributed by atoms with E-state index in [-0.39, 0.29) is 6.03 Å². The van der Waals surface area contributed by atoms with Crippen LogP contribution in [0.4, 0.5) is 4.79 Å². The summed E-state index contributed by atoms with van der Waals surface area (Å²) in [5.41, 5.74) is -0.616. The first-order valence-corrected chi connectivity index (χ1v) is 5.82. The molecule has 2 amide bonds. The Morgan fingerprint density at radius 1 is 1.31 bits per heavy atom. The zero-order valence-electron chi connectivity index (χ0n) is 9.37. The molecule has 0 atom stereocenters. The van der Waals surface area contributed by atoms with Crippen molar-refractivity contribution >= 4 is 6.03 Å². The normalized spacial score (nSPS) is 23.8. The van der Waals surface area contributed by atoms with E-state index in [0.29, 0.717) is 26.3 Å². The Labute approximate surface area is 95.4 Å². The molecular weight excluding hydrogens is 206 g/mol. The smallest absolute Gasteiger partial charge is 0.318 e. The molecule has 1 saturated heterocycles. The number of morpholine rings is 1. The van der Waals surface area contributed by atoms with Crippen molar-refractivity contribution in [3.63, 3.8) is 0 Å². The van der Waals surface area contributed by atoms with Crippen molar-refractivity contribution in [3.8, 4) is 6.07 Å². The van der Waals surface area contributed by atoms with Crippen molar-refractivity contribution < 1.29 is 9.53 Å². The molecule has 5 nitrogen and oxygen atoms in total. The van der Waals surface area contributed by atoms with Gasteiger partial charge in [-0.25, -0.2) is 4.79 Å². The van der Waals surface area contributed by atoms with Crippen molar-refractivity contribution in [2.45, 2.75) is 31.2 Å². The van der Waals surface area contributed by atoms with Crippen LogP contribution < -0.4 is 5.32 Å². The summed E-state index contributed by atoms with van der Waals surface area (Å²) in [6, 6.07) is 2.14. The molecule has 1 N–H and O–H groups in total. The van der Waals surface area contributed by atoms with Gasteiger partial charge in [0.2, 0.25) is 0 Å². The second-order valence-electron chi connectivity index (χ2n) is 4.43. The van der Waals surface area contributed by atoms with Crippen molar-refractivity contribution in [1.82, 2.24) is 10.2 Å². The Kier molecular flexibility index (Phi) is 3.30. The van der Waals surface area contributed by atoms with E-state index in [0.717, 1.165) is 25.7 Å². The molecule has 1 aliphatic carbocycles. The maximum atomic E-state index is 11.9. The van der Waals surface area contributed by atoms with Gasteiger partial charge in [0.1, 0.15) is 5.54 Å². The second-order valence-corrected chi connectivity index (χ2v) is 4.43. The van der Waals surface area contributed by atoms with Gasteiger partial charge in [0.25, 0.3) is 0 Å². The molecule has 0 aromatic heterocycles. The summed E-state index contributed by atoms with van der Waals surface area (Å²) in [6.07, 6.45) is 3.60. The second kappa shape index (κ2) is 4.71. The van der Waals surface area contributed by atoms with Crippen LogP contribution in [0.3, 0.4) is 0 Å². The van der Waals surface area contributed by atoms with E-state index in [1.165, 1.54) is 0 Å². The summed E-state index contributed by atoms with van der Waals surface area (Å²) < 4.78 is 5.18. The number of amides is 2. The van der Waals surface area contributed by atoms with Crippen molar-refractivity contribution in [1.29, 1.82) is 5.26 Å². The molecule has 1 aliphatic heterocycles. The summed E-state index contributed by atoms with van der Waals surface area (Å²) in [6.45, 7) is 2.42. The van der Waals surface area contributed by atoms with E-state index in [1.807, 2.05) is 0 Å². The molecule has 2 aliphatic rings. The van der Waals surface area contributed by atoms with Gasteiger partial charge in [-0.05, 0) is 25.7 Å². The number of hydrogen-bond acceptors (Lipinski definition) is 3. The lowest BCUT2D eigenvalue weighted by Crippen LogP contribution is -2.53. The molecule has 88 valence electrons. The highest BCUT2D eigenvalue weighted by Crippen LogP contribution is 2.29. The summed E-state index contributed by atoms with van der Waals surface area (Å²) in [7, 11) is 0. The fourth-order valence-electron chi connectivity index (χ4n) is 2.29. The Hall–Kier alpha value is -1.28. The highest BCUT2D eigenvalue weighted by molar-refractivity contribution is 5.75. The topological polar surface area (TPSA) is 65.4 Å². The summed E-state index contributed by atoms with van der Waals surface area (Å²) >= 11 is 0. The zero-order valence-corrected chi connectivity index (χ0v) is 9.37. The third kappa shape index (κ3) is 2.27. The molecule has 16 heavy (non-hydrogen) atoms. The molecule has 0 unspecified atom stereocenters. The van der Waals surface area contributed by atoms with Crippen LogP contribution >= 0.6 is 0 Å². The lowest BCUT2D eigenvalue weighted by molar-refractivity contribution is 0.0518. The van der Waals surface area contributed by atoms with Gasteiger partial charge < -0.3 is 15.0 Å². The quantitative estimate of drug-likeness (QED) is 0.717. The van der Waals surface area contributed by atoms with Crippen LogP contribution in [0.25, 0.3) is 0 Å². The Bertz CT molecular complexity index is 299. The molecular formula is C11H17N3O2. The Morgan fingerprint density at radius 3 is 2.50 bits per heavy atom. The van der Waals surface area contributed by atoms with Gasteiger partial charge in [-0.2, -0.15) is 5.26 Å². The minimum absolute atomic E-state index is 0.119. The number of nitrogens with one attached hydrogen (secondary N) is 1. The lowest BCUT2D eigenvalue weighted by Gasteiger charge is -2.31. The number of nitrogens with zero attached hydrogens (tertiary/aromatic N) is 2. The first-order valence-electron chi connectivity index (χ1n) is 5.82. The maximum absolute atomic E-state index is 11.9. The first-order chi connectivity index (χ1) is 7.76. The molecule has 0 bridgehead atoms. The third-order valence-corrected chi connectivity index (χ3v) is 3.32. The molecule has 0 aromatic rings. The van der Waals surface area contributed by atoms with Crippen LogP contribution in [0, 0.1) is 11.3 Å². The van der Waals surface area contributed by atoms with Gasteiger partial charge in [-0.3, -0.25) is 0 Å². The minimum Gasteiger partial charge on any atom is -0.378 e. The van der Waals surface area contributed by atoms with Crippen LogP contribution in [0.2, 0.25) is 0 Å².